The van der Waals surface area contributed by atoms with E-state index in [2.05, 4.69) is 0 Å². The van der Waals surface area contributed by atoms with E-state index in [1.165, 1.54) is 6.07 Å². The Kier molecular flexibility index (Phi) is 7.32. The van der Waals surface area contributed by atoms with E-state index in [0.717, 1.165) is 6.54 Å². The predicted molar refractivity (Wildman–Crippen MR) is 67.3 cm³/mol. The minimum absolute atomic E-state index is 0.0867. The topological polar surface area (TPSA) is 41.9 Å². The Morgan fingerprint density at radius 1 is 1.17 bits per heavy atom. The Labute approximate surface area is 107 Å². The zero-order valence-electron chi connectivity index (χ0n) is 10.6. The summed E-state index contributed by atoms with van der Waals surface area (Å²) >= 11 is 0. The normalized spacial score (nSPS) is 10.9. The van der Waals surface area contributed by atoms with Gasteiger partial charge >= 0.3 is 0 Å². The molecular weight excluding hydrogens is 237 g/mol. The SMILES string of the molecule is COCCN(CCO)CCOc1ccccc1F. The second-order valence-electron chi connectivity index (χ2n) is 3.84. The average molecular weight is 257 g/mol. The Balaban J connectivity index is 2.31. The lowest BCUT2D eigenvalue weighted by molar-refractivity contribution is 0.118. The Morgan fingerprint density at radius 2 is 1.89 bits per heavy atom. The molecule has 0 spiro atoms. The molecule has 1 N–H and O–H groups in total. The number of aliphatic hydroxyl groups excluding tert-OH is 1. The quantitative estimate of drug-likeness (QED) is 0.720. The molecule has 102 valence electrons. The summed E-state index contributed by atoms with van der Waals surface area (Å²) < 4.78 is 23.6. The zero-order valence-corrected chi connectivity index (χ0v) is 10.6. The molecule has 1 aromatic carbocycles. The molecule has 0 saturated heterocycles. The molecule has 1 aromatic rings. The van der Waals surface area contributed by atoms with Crippen LogP contribution in [0.4, 0.5) is 4.39 Å². The molecule has 0 saturated carbocycles. The van der Waals surface area contributed by atoms with Gasteiger partial charge < -0.3 is 14.6 Å². The molecule has 0 amide bonds. The molecule has 0 aliphatic heterocycles. The Hall–Kier alpha value is -1.17. The molecule has 0 atom stereocenters. The van der Waals surface area contributed by atoms with Crippen LogP contribution in [0.3, 0.4) is 0 Å². The summed E-state index contributed by atoms with van der Waals surface area (Å²) in [5, 5.41) is 8.91. The van der Waals surface area contributed by atoms with Gasteiger partial charge in [-0.25, -0.2) is 4.39 Å². The Bertz CT molecular complexity index is 336. The average Bonchev–Trinajstić information content (AvgIpc) is 2.38. The summed E-state index contributed by atoms with van der Waals surface area (Å²) in [6.45, 7) is 2.97. The molecule has 0 bridgehead atoms. The van der Waals surface area contributed by atoms with Crippen LogP contribution in [0.2, 0.25) is 0 Å². The van der Waals surface area contributed by atoms with Crippen molar-refractivity contribution in [3.05, 3.63) is 30.1 Å². The van der Waals surface area contributed by atoms with Crippen LogP contribution in [-0.4, -0.2) is 56.6 Å². The fourth-order valence-electron chi connectivity index (χ4n) is 1.54. The van der Waals surface area contributed by atoms with E-state index in [9.17, 15) is 4.39 Å². The highest BCUT2D eigenvalue weighted by Gasteiger charge is 2.05. The van der Waals surface area contributed by atoms with E-state index in [-0.39, 0.29) is 18.2 Å². The van der Waals surface area contributed by atoms with Gasteiger partial charge in [-0.15, -0.1) is 0 Å². The van der Waals surface area contributed by atoms with Crippen LogP contribution in [0.25, 0.3) is 0 Å². The van der Waals surface area contributed by atoms with Crippen molar-refractivity contribution in [1.29, 1.82) is 0 Å². The third kappa shape index (κ3) is 5.44. The summed E-state index contributed by atoms with van der Waals surface area (Å²) in [5.41, 5.74) is 0. The van der Waals surface area contributed by atoms with E-state index >= 15 is 0 Å². The van der Waals surface area contributed by atoms with Gasteiger partial charge in [0.25, 0.3) is 0 Å². The maximum absolute atomic E-state index is 13.3. The lowest BCUT2D eigenvalue weighted by Crippen LogP contribution is -2.34. The molecule has 0 fully saturated rings. The molecule has 0 aromatic heterocycles. The minimum Gasteiger partial charge on any atom is -0.489 e. The fraction of sp³-hybridized carbons (Fsp3) is 0.538. The highest BCUT2D eigenvalue weighted by atomic mass is 19.1. The van der Waals surface area contributed by atoms with Gasteiger partial charge in [0.1, 0.15) is 6.61 Å². The number of ether oxygens (including phenoxy) is 2. The van der Waals surface area contributed by atoms with Crippen molar-refractivity contribution in [3.63, 3.8) is 0 Å². The van der Waals surface area contributed by atoms with Crippen LogP contribution in [-0.2, 0) is 4.74 Å². The van der Waals surface area contributed by atoms with Gasteiger partial charge in [-0.1, -0.05) is 12.1 Å². The van der Waals surface area contributed by atoms with Crippen LogP contribution in [0.1, 0.15) is 0 Å². The first-order valence-corrected chi connectivity index (χ1v) is 5.97. The maximum Gasteiger partial charge on any atom is 0.165 e. The zero-order chi connectivity index (χ0) is 13.2. The molecule has 0 radical (unpaired) electrons. The lowest BCUT2D eigenvalue weighted by atomic mass is 10.3. The van der Waals surface area contributed by atoms with Crippen LogP contribution >= 0.6 is 0 Å². The molecule has 0 aliphatic carbocycles. The second-order valence-corrected chi connectivity index (χ2v) is 3.84. The summed E-state index contributed by atoms with van der Waals surface area (Å²) in [4.78, 5) is 2.00. The van der Waals surface area contributed by atoms with Gasteiger partial charge in [0, 0.05) is 26.7 Å². The fourth-order valence-corrected chi connectivity index (χ4v) is 1.54. The third-order valence-corrected chi connectivity index (χ3v) is 2.53. The van der Waals surface area contributed by atoms with E-state index in [0.29, 0.717) is 26.3 Å². The number of hydrogen-bond donors (Lipinski definition) is 1. The molecule has 4 nitrogen and oxygen atoms in total. The largest absolute Gasteiger partial charge is 0.489 e. The number of hydrogen-bond acceptors (Lipinski definition) is 4. The third-order valence-electron chi connectivity index (χ3n) is 2.53. The van der Waals surface area contributed by atoms with Gasteiger partial charge in [-0.05, 0) is 12.1 Å². The number of aliphatic hydroxyl groups is 1. The molecular formula is C13H20FNO3. The highest BCUT2D eigenvalue weighted by Crippen LogP contribution is 2.14. The van der Waals surface area contributed by atoms with Crippen LogP contribution < -0.4 is 4.74 Å². The molecule has 1 rings (SSSR count). The molecule has 0 aliphatic rings. The van der Waals surface area contributed by atoms with Crippen molar-refractivity contribution in [1.82, 2.24) is 4.90 Å². The molecule has 18 heavy (non-hydrogen) atoms. The van der Waals surface area contributed by atoms with Crippen molar-refractivity contribution in [2.45, 2.75) is 0 Å². The van der Waals surface area contributed by atoms with E-state index in [4.69, 9.17) is 14.6 Å². The first kappa shape index (κ1) is 14.9. The molecule has 0 heterocycles. The van der Waals surface area contributed by atoms with Crippen molar-refractivity contribution < 1.29 is 19.0 Å². The van der Waals surface area contributed by atoms with Crippen molar-refractivity contribution >= 4 is 0 Å². The van der Waals surface area contributed by atoms with Gasteiger partial charge in [-0.2, -0.15) is 0 Å². The number of methoxy groups -OCH3 is 1. The van der Waals surface area contributed by atoms with E-state index in [1.54, 1.807) is 25.3 Å². The van der Waals surface area contributed by atoms with Gasteiger partial charge in [0.2, 0.25) is 0 Å². The van der Waals surface area contributed by atoms with Gasteiger partial charge in [0.05, 0.1) is 13.2 Å². The summed E-state index contributed by atoms with van der Waals surface area (Å²) in [6.07, 6.45) is 0. The molecule has 5 heteroatoms. The monoisotopic (exact) mass is 257 g/mol. The van der Waals surface area contributed by atoms with Gasteiger partial charge in [0.15, 0.2) is 11.6 Å². The number of rotatable bonds is 9. The van der Waals surface area contributed by atoms with Crippen molar-refractivity contribution in [2.24, 2.45) is 0 Å². The smallest absolute Gasteiger partial charge is 0.165 e. The first-order valence-electron chi connectivity index (χ1n) is 5.97. The Morgan fingerprint density at radius 3 is 2.56 bits per heavy atom. The maximum atomic E-state index is 13.3. The van der Waals surface area contributed by atoms with E-state index < -0.39 is 0 Å². The minimum atomic E-state index is -0.358. The van der Waals surface area contributed by atoms with E-state index in [1.807, 2.05) is 4.90 Å². The first-order chi connectivity index (χ1) is 8.77. The van der Waals surface area contributed by atoms with Crippen LogP contribution in [0.15, 0.2) is 24.3 Å². The predicted octanol–water partition coefficient (Wildman–Crippen LogP) is 1.15. The molecule has 0 unspecified atom stereocenters. The van der Waals surface area contributed by atoms with Crippen molar-refractivity contribution in [3.8, 4) is 5.75 Å². The second kappa shape index (κ2) is 8.85. The number of para-hydroxylation sites is 1. The van der Waals surface area contributed by atoms with Crippen molar-refractivity contribution in [2.75, 3.05) is 46.6 Å². The summed E-state index contributed by atoms with van der Waals surface area (Å²) in [6, 6.07) is 6.32. The number of benzene rings is 1. The lowest BCUT2D eigenvalue weighted by Gasteiger charge is -2.20. The summed E-state index contributed by atoms with van der Waals surface area (Å²) in [5.74, 6) is -0.101. The van der Waals surface area contributed by atoms with Gasteiger partial charge in [-0.3, -0.25) is 4.90 Å². The standard InChI is InChI=1S/C13H20FNO3/c1-17-10-7-15(6-9-16)8-11-18-13-5-3-2-4-12(13)14/h2-5,16H,6-11H2,1H3. The van der Waals surface area contributed by atoms with Crippen LogP contribution in [0, 0.1) is 5.82 Å². The number of nitrogens with zero attached hydrogens (tertiary/aromatic N) is 1. The number of halogens is 1. The highest BCUT2D eigenvalue weighted by molar-refractivity contribution is 5.23. The summed E-state index contributed by atoms with van der Waals surface area (Å²) in [7, 11) is 1.63. The van der Waals surface area contributed by atoms with Crippen LogP contribution in [0.5, 0.6) is 5.75 Å².